The number of carbonyl (C=O) groups excluding carboxylic acids is 1. The Kier molecular flexibility index (Phi) is 5.91. The minimum Gasteiger partial charge on any atom is -0.493 e. The first kappa shape index (κ1) is 16.9. The van der Waals surface area contributed by atoms with E-state index in [1.54, 1.807) is 12.1 Å². The highest BCUT2D eigenvalue weighted by molar-refractivity contribution is 6.32. The number of hydrogen-bond donors (Lipinski definition) is 1. The van der Waals surface area contributed by atoms with Crippen molar-refractivity contribution in [1.82, 2.24) is 10.2 Å². The molecular formula is C16H23ClN2O3. The fraction of sp³-hybridized carbons (Fsp3) is 0.562. The number of likely N-dealkylation sites (N-methyl/N-ethyl adjacent to an activating group) is 1. The topological polar surface area (TPSA) is 50.8 Å². The largest absolute Gasteiger partial charge is 0.493 e. The van der Waals surface area contributed by atoms with E-state index in [0.717, 1.165) is 19.5 Å². The van der Waals surface area contributed by atoms with Gasteiger partial charge < -0.3 is 14.8 Å². The monoisotopic (exact) mass is 326 g/mol. The number of rotatable bonds is 6. The second kappa shape index (κ2) is 7.70. The van der Waals surface area contributed by atoms with Crippen molar-refractivity contribution >= 4 is 17.5 Å². The summed E-state index contributed by atoms with van der Waals surface area (Å²) in [5.74, 6) is 0.746. The number of ether oxygens (including phenoxy) is 2. The Morgan fingerprint density at radius 2 is 2.18 bits per heavy atom. The van der Waals surface area contributed by atoms with Crippen molar-refractivity contribution in [3.63, 3.8) is 0 Å². The van der Waals surface area contributed by atoms with E-state index >= 15 is 0 Å². The maximum atomic E-state index is 12.3. The summed E-state index contributed by atoms with van der Waals surface area (Å²) in [4.78, 5) is 14.7. The van der Waals surface area contributed by atoms with Crippen molar-refractivity contribution in [2.45, 2.75) is 25.8 Å². The van der Waals surface area contributed by atoms with Gasteiger partial charge in [0, 0.05) is 18.2 Å². The molecule has 0 aliphatic carbocycles. The van der Waals surface area contributed by atoms with E-state index in [1.165, 1.54) is 20.6 Å². The number of likely N-dealkylation sites (tertiary alicyclic amines) is 1. The lowest BCUT2D eigenvalue weighted by molar-refractivity contribution is 0.0941. The molecule has 1 heterocycles. The second-order valence-electron chi connectivity index (χ2n) is 5.33. The molecule has 22 heavy (non-hydrogen) atoms. The van der Waals surface area contributed by atoms with Gasteiger partial charge >= 0.3 is 0 Å². The van der Waals surface area contributed by atoms with E-state index in [2.05, 4.69) is 17.1 Å². The highest BCUT2D eigenvalue weighted by atomic mass is 35.5. The van der Waals surface area contributed by atoms with Crippen molar-refractivity contribution in [2.75, 3.05) is 33.9 Å². The molecule has 1 aliphatic heterocycles. The summed E-state index contributed by atoms with van der Waals surface area (Å²) in [6, 6.07) is 3.67. The molecule has 0 radical (unpaired) electrons. The molecule has 0 saturated carbocycles. The van der Waals surface area contributed by atoms with Gasteiger partial charge in [0.2, 0.25) is 0 Å². The molecule has 5 nitrogen and oxygen atoms in total. The van der Waals surface area contributed by atoms with E-state index in [9.17, 15) is 4.79 Å². The predicted octanol–water partition coefficient (Wildman–Crippen LogP) is 2.57. The molecule has 1 saturated heterocycles. The normalized spacial score (nSPS) is 18.3. The van der Waals surface area contributed by atoms with Gasteiger partial charge in [0.15, 0.2) is 11.5 Å². The quantitative estimate of drug-likeness (QED) is 0.873. The molecule has 1 aliphatic rings. The Bertz CT molecular complexity index is 536. The molecule has 1 atom stereocenters. The molecule has 0 spiro atoms. The zero-order valence-electron chi connectivity index (χ0n) is 13.3. The summed E-state index contributed by atoms with van der Waals surface area (Å²) in [7, 11) is 3.04. The maximum Gasteiger partial charge on any atom is 0.251 e. The van der Waals surface area contributed by atoms with Gasteiger partial charge in [-0.05, 0) is 38.1 Å². The first-order valence-electron chi connectivity index (χ1n) is 7.54. The van der Waals surface area contributed by atoms with E-state index < -0.39 is 0 Å². The number of methoxy groups -OCH3 is 2. The Morgan fingerprint density at radius 1 is 1.41 bits per heavy atom. The van der Waals surface area contributed by atoms with Gasteiger partial charge in [0.1, 0.15) is 0 Å². The second-order valence-corrected chi connectivity index (χ2v) is 5.74. The third kappa shape index (κ3) is 3.65. The first-order valence-corrected chi connectivity index (χ1v) is 7.92. The van der Waals surface area contributed by atoms with Crippen molar-refractivity contribution in [3.8, 4) is 11.5 Å². The Balaban J connectivity index is 2.05. The summed E-state index contributed by atoms with van der Waals surface area (Å²) in [5.41, 5.74) is 0.476. The van der Waals surface area contributed by atoms with E-state index in [1.807, 2.05) is 0 Å². The third-order valence-corrected chi connectivity index (χ3v) is 4.38. The van der Waals surface area contributed by atoms with Crippen LogP contribution in [0.2, 0.25) is 5.02 Å². The Hall–Kier alpha value is -1.46. The molecule has 122 valence electrons. The van der Waals surface area contributed by atoms with Gasteiger partial charge in [-0.15, -0.1) is 0 Å². The fourth-order valence-electron chi connectivity index (χ4n) is 2.90. The number of nitrogens with one attached hydrogen (secondary N) is 1. The van der Waals surface area contributed by atoms with Gasteiger partial charge in [0.25, 0.3) is 5.91 Å². The minimum absolute atomic E-state index is 0.147. The van der Waals surface area contributed by atoms with Gasteiger partial charge in [-0.25, -0.2) is 0 Å². The van der Waals surface area contributed by atoms with Crippen LogP contribution in [0, 0.1) is 0 Å². The summed E-state index contributed by atoms with van der Waals surface area (Å²) in [6.07, 6.45) is 2.32. The summed E-state index contributed by atoms with van der Waals surface area (Å²) < 4.78 is 10.4. The predicted molar refractivity (Wildman–Crippen MR) is 87.2 cm³/mol. The molecule has 1 amide bonds. The van der Waals surface area contributed by atoms with Crippen molar-refractivity contribution in [2.24, 2.45) is 0 Å². The van der Waals surface area contributed by atoms with Crippen LogP contribution < -0.4 is 14.8 Å². The number of halogens is 1. The van der Waals surface area contributed by atoms with Crippen LogP contribution in [-0.4, -0.2) is 50.7 Å². The zero-order chi connectivity index (χ0) is 16.1. The van der Waals surface area contributed by atoms with Crippen LogP contribution in [0.15, 0.2) is 12.1 Å². The molecule has 1 fully saturated rings. The minimum atomic E-state index is -0.147. The molecule has 6 heteroatoms. The van der Waals surface area contributed by atoms with Crippen LogP contribution in [0.4, 0.5) is 0 Å². The number of amides is 1. The lowest BCUT2D eigenvalue weighted by atomic mass is 10.1. The van der Waals surface area contributed by atoms with Crippen molar-refractivity contribution < 1.29 is 14.3 Å². The van der Waals surface area contributed by atoms with Crippen molar-refractivity contribution in [3.05, 3.63) is 22.7 Å². The molecule has 2 rings (SSSR count). The molecule has 1 aromatic carbocycles. The number of nitrogens with zero attached hydrogens (tertiary/aromatic N) is 1. The maximum absolute atomic E-state index is 12.3. The van der Waals surface area contributed by atoms with Crippen LogP contribution in [0.5, 0.6) is 11.5 Å². The van der Waals surface area contributed by atoms with Gasteiger partial charge in [-0.3, -0.25) is 9.69 Å². The Morgan fingerprint density at radius 3 is 2.82 bits per heavy atom. The molecule has 1 aromatic rings. The first-order chi connectivity index (χ1) is 10.6. The molecule has 1 unspecified atom stereocenters. The number of benzene rings is 1. The van der Waals surface area contributed by atoms with Crippen LogP contribution in [-0.2, 0) is 0 Å². The lowest BCUT2D eigenvalue weighted by Gasteiger charge is -2.23. The highest BCUT2D eigenvalue weighted by Crippen LogP contribution is 2.35. The number of hydrogen-bond acceptors (Lipinski definition) is 4. The smallest absolute Gasteiger partial charge is 0.251 e. The summed E-state index contributed by atoms with van der Waals surface area (Å²) >= 11 is 6.14. The number of carbonyl (C=O) groups is 1. The van der Waals surface area contributed by atoms with Crippen LogP contribution in [0.3, 0.4) is 0 Å². The third-order valence-electron chi connectivity index (χ3n) is 4.10. The van der Waals surface area contributed by atoms with E-state index in [4.69, 9.17) is 21.1 Å². The van der Waals surface area contributed by atoms with Crippen molar-refractivity contribution in [1.29, 1.82) is 0 Å². The molecular weight excluding hydrogens is 304 g/mol. The average Bonchev–Trinajstić information content (AvgIpc) is 2.99. The summed E-state index contributed by atoms with van der Waals surface area (Å²) in [6.45, 7) is 4.93. The zero-order valence-corrected chi connectivity index (χ0v) is 14.1. The van der Waals surface area contributed by atoms with Crippen LogP contribution in [0.25, 0.3) is 0 Å². The molecule has 1 N–H and O–H groups in total. The molecule has 0 bridgehead atoms. The highest BCUT2D eigenvalue weighted by Gasteiger charge is 2.23. The Labute approximate surface area is 136 Å². The van der Waals surface area contributed by atoms with Crippen LogP contribution in [0.1, 0.15) is 30.1 Å². The lowest BCUT2D eigenvalue weighted by Crippen LogP contribution is -2.40. The van der Waals surface area contributed by atoms with Crippen LogP contribution >= 0.6 is 11.6 Å². The van der Waals surface area contributed by atoms with Gasteiger partial charge in [-0.1, -0.05) is 18.5 Å². The average molecular weight is 327 g/mol. The standard InChI is InChI=1S/C16H23ClN2O3/c1-4-19-7-5-6-12(19)10-18-16(20)11-8-13(17)15(22-3)14(9-11)21-2/h8-9,12H,4-7,10H2,1-3H3,(H,18,20). The van der Waals surface area contributed by atoms with E-state index in [0.29, 0.717) is 34.7 Å². The van der Waals surface area contributed by atoms with E-state index in [-0.39, 0.29) is 5.91 Å². The van der Waals surface area contributed by atoms with Gasteiger partial charge in [0.05, 0.1) is 19.2 Å². The van der Waals surface area contributed by atoms with Gasteiger partial charge in [-0.2, -0.15) is 0 Å². The SMILES string of the molecule is CCN1CCCC1CNC(=O)c1cc(Cl)c(OC)c(OC)c1. The fourth-order valence-corrected chi connectivity index (χ4v) is 3.19. The summed E-state index contributed by atoms with van der Waals surface area (Å²) in [5, 5.41) is 3.35. The molecule has 0 aromatic heterocycles.